The maximum Gasteiger partial charge on any atom is 0.222 e. The standard InChI is InChI=1S/C15H17ClN4O/c1-9-13(20-17)18-14(11-5-6-11)19-15(9)21-8-10-3-2-4-12(16)7-10/h2-4,7,11H,5-6,8,17H2,1H3,(H,18,19,20). The molecule has 2 aromatic rings. The zero-order chi connectivity index (χ0) is 14.8. The van der Waals surface area contributed by atoms with Crippen molar-refractivity contribution in [2.45, 2.75) is 32.3 Å². The summed E-state index contributed by atoms with van der Waals surface area (Å²) < 4.78 is 5.83. The highest BCUT2D eigenvalue weighted by Gasteiger charge is 2.28. The molecule has 1 aromatic carbocycles. The van der Waals surface area contributed by atoms with Crippen LogP contribution in [0.15, 0.2) is 24.3 Å². The molecule has 0 unspecified atom stereocenters. The van der Waals surface area contributed by atoms with Crippen molar-refractivity contribution in [1.29, 1.82) is 0 Å². The van der Waals surface area contributed by atoms with Gasteiger partial charge in [-0.25, -0.2) is 10.8 Å². The maximum absolute atomic E-state index is 5.97. The minimum atomic E-state index is 0.409. The van der Waals surface area contributed by atoms with E-state index in [4.69, 9.17) is 22.2 Å². The zero-order valence-corrected chi connectivity index (χ0v) is 12.5. The fraction of sp³-hybridized carbons (Fsp3) is 0.333. The van der Waals surface area contributed by atoms with E-state index < -0.39 is 0 Å². The second-order valence-corrected chi connectivity index (χ2v) is 5.63. The van der Waals surface area contributed by atoms with Crippen molar-refractivity contribution in [3.05, 3.63) is 46.2 Å². The number of nitrogens with one attached hydrogen (secondary N) is 1. The number of hydrazine groups is 1. The highest BCUT2D eigenvalue weighted by Crippen LogP contribution is 2.39. The molecule has 0 atom stereocenters. The fourth-order valence-corrected chi connectivity index (χ4v) is 2.31. The summed E-state index contributed by atoms with van der Waals surface area (Å²) in [6.07, 6.45) is 2.25. The van der Waals surface area contributed by atoms with E-state index in [0.29, 0.717) is 29.2 Å². The van der Waals surface area contributed by atoms with Crippen molar-refractivity contribution >= 4 is 17.4 Å². The van der Waals surface area contributed by atoms with Gasteiger partial charge in [0.25, 0.3) is 0 Å². The van der Waals surface area contributed by atoms with E-state index in [-0.39, 0.29) is 0 Å². The Morgan fingerprint density at radius 1 is 1.38 bits per heavy atom. The minimum Gasteiger partial charge on any atom is -0.472 e. The number of hydrogen-bond donors (Lipinski definition) is 2. The summed E-state index contributed by atoms with van der Waals surface area (Å²) in [5.74, 6) is 7.95. The first-order valence-electron chi connectivity index (χ1n) is 6.89. The molecule has 0 bridgehead atoms. The predicted molar refractivity (Wildman–Crippen MR) is 82.3 cm³/mol. The van der Waals surface area contributed by atoms with Crippen molar-refractivity contribution < 1.29 is 4.74 Å². The van der Waals surface area contributed by atoms with Gasteiger partial charge in [-0.15, -0.1) is 0 Å². The molecule has 0 saturated heterocycles. The van der Waals surface area contributed by atoms with Gasteiger partial charge in [-0.05, 0) is 37.5 Å². The van der Waals surface area contributed by atoms with Crippen molar-refractivity contribution in [3.63, 3.8) is 0 Å². The summed E-state index contributed by atoms with van der Waals surface area (Å²) in [4.78, 5) is 8.95. The second-order valence-electron chi connectivity index (χ2n) is 5.20. The number of nitrogens with zero attached hydrogens (tertiary/aromatic N) is 2. The quantitative estimate of drug-likeness (QED) is 0.655. The Kier molecular flexibility index (Phi) is 3.94. The average molecular weight is 305 g/mol. The third kappa shape index (κ3) is 3.25. The molecule has 6 heteroatoms. The van der Waals surface area contributed by atoms with E-state index in [1.165, 1.54) is 0 Å². The lowest BCUT2D eigenvalue weighted by Gasteiger charge is -2.13. The van der Waals surface area contributed by atoms with Crippen LogP contribution in [0.4, 0.5) is 5.82 Å². The molecule has 1 heterocycles. The summed E-state index contributed by atoms with van der Waals surface area (Å²) in [6.45, 7) is 2.30. The van der Waals surface area contributed by atoms with Crippen LogP contribution in [-0.2, 0) is 6.61 Å². The molecule has 1 aliphatic rings. The summed E-state index contributed by atoms with van der Waals surface area (Å²) in [5, 5.41) is 0.693. The Hall–Kier alpha value is -1.85. The lowest BCUT2D eigenvalue weighted by Crippen LogP contribution is -2.13. The Balaban J connectivity index is 1.82. The summed E-state index contributed by atoms with van der Waals surface area (Å²) in [5.41, 5.74) is 4.42. The van der Waals surface area contributed by atoms with Gasteiger partial charge < -0.3 is 10.2 Å². The smallest absolute Gasteiger partial charge is 0.222 e. The van der Waals surface area contributed by atoms with E-state index in [1.807, 2.05) is 31.2 Å². The molecule has 0 spiro atoms. The number of ether oxygens (including phenoxy) is 1. The normalized spacial score (nSPS) is 14.0. The first-order valence-corrected chi connectivity index (χ1v) is 7.27. The average Bonchev–Trinajstić information content (AvgIpc) is 3.31. The van der Waals surface area contributed by atoms with E-state index in [2.05, 4.69) is 15.4 Å². The number of nitrogen functional groups attached to an aromatic ring is 1. The molecule has 3 N–H and O–H groups in total. The minimum absolute atomic E-state index is 0.409. The molecule has 1 fully saturated rings. The molecule has 0 amide bonds. The van der Waals surface area contributed by atoms with Crippen LogP contribution in [0, 0.1) is 6.92 Å². The number of halogens is 1. The van der Waals surface area contributed by atoms with Crippen LogP contribution >= 0.6 is 11.6 Å². The molecule has 3 rings (SSSR count). The van der Waals surface area contributed by atoms with Gasteiger partial charge in [-0.1, -0.05) is 23.7 Å². The van der Waals surface area contributed by atoms with E-state index in [9.17, 15) is 0 Å². The van der Waals surface area contributed by atoms with E-state index in [1.54, 1.807) is 0 Å². The molecule has 5 nitrogen and oxygen atoms in total. The summed E-state index contributed by atoms with van der Waals surface area (Å²) >= 11 is 5.97. The molecule has 0 radical (unpaired) electrons. The number of benzene rings is 1. The molecule has 0 aliphatic heterocycles. The first kappa shape index (κ1) is 14.1. The molecule has 110 valence electrons. The monoisotopic (exact) mass is 304 g/mol. The zero-order valence-electron chi connectivity index (χ0n) is 11.8. The Bertz CT molecular complexity index is 658. The number of nitrogens with two attached hydrogens (primary N) is 1. The van der Waals surface area contributed by atoms with Crippen LogP contribution < -0.4 is 16.0 Å². The van der Waals surface area contributed by atoms with Gasteiger partial charge in [0.2, 0.25) is 5.88 Å². The molecule has 1 saturated carbocycles. The summed E-state index contributed by atoms with van der Waals surface area (Å²) in [7, 11) is 0. The third-order valence-corrected chi connectivity index (χ3v) is 3.70. The van der Waals surface area contributed by atoms with Crippen molar-refractivity contribution in [1.82, 2.24) is 9.97 Å². The van der Waals surface area contributed by atoms with Gasteiger partial charge in [0, 0.05) is 10.9 Å². The van der Waals surface area contributed by atoms with Crippen LogP contribution in [0.2, 0.25) is 5.02 Å². The van der Waals surface area contributed by atoms with Gasteiger partial charge in [0.1, 0.15) is 18.2 Å². The van der Waals surface area contributed by atoms with E-state index >= 15 is 0 Å². The maximum atomic E-state index is 5.97. The van der Waals surface area contributed by atoms with Gasteiger partial charge in [-0.2, -0.15) is 4.98 Å². The number of hydrogen-bond acceptors (Lipinski definition) is 5. The van der Waals surface area contributed by atoms with Gasteiger partial charge >= 0.3 is 0 Å². The Labute approximate surface area is 128 Å². The van der Waals surface area contributed by atoms with E-state index in [0.717, 1.165) is 29.8 Å². The van der Waals surface area contributed by atoms with Crippen LogP contribution in [0.5, 0.6) is 5.88 Å². The molecular weight excluding hydrogens is 288 g/mol. The van der Waals surface area contributed by atoms with Crippen molar-refractivity contribution in [2.75, 3.05) is 5.43 Å². The molecular formula is C15H17ClN4O. The Morgan fingerprint density at radius 3 is 2.86 bits per heavy atom. The molecule has 1 aromatic heterocycles. The van der Waals surface area contributed by atoms with Crippen LogP contribution in [0.1, 0.15) is 35.7 Å². The van der Waals surface area contributed by atoms with Gasteiger partial charge in [0.15, 0.2) is 0 Å². The molecule has 21 heavy (non-hydrogen) atoms. The second kappa shape index (κ2) is 5.87. The number of aromatic nitrogens is 2. The van der Waals surface area contributed by atoms with Crippen LogP contribution in [0.25, 0.3) is 0 Å². The van der Waals surface area contributed by atoms with Crippen molar-refractivity contribution in [3.8, 4) is 5.88 Å². The van der Waals surface area contributed by atoms with Gasteiger partial charge in [-0.3, -0.25) is 0 Å². The fourth-order valence-electron chi connectivity index (χ4n) is 2.10. The summed E-state index contributed by atoms with van der Waals surface area (Å²) in [6, 6.07) is 7.58. The van der Waals surface area contributed by atoms with Crippen LogP contribution in [0.3, 0.4) is 0 Å². The topological polar surface area (TPSA) is 73.1 Å². The SMILES string of the molecule is Cc1c(NN)nc(C2CC2)nc1OCc1cccc(Cl)c1. The van der Waals surface area contributed by atoms with Crippen molar-refractivity contribution in [2.24, 2.45) is 5.84 Å². The highest BCUT2D eigenvalue weighted by atomic mass is 35.5. The lowest BCUT2D eigenvalue weighted by molar-refractivity contribution is 0.290. The van der Waals surface area contributed by atoms with Crippen LogP contribution in [-0.4, -0.2) is 9.97 Å². The number of anilines is 1. The first-order chi connectivity index (χ1) is 10.2. The molecule has 1 aliphatic carbocycles. The largest absolute Gasteiger partial charge is 0.472 e. The Morgan fingerprint density at radius 2 is 2.19 bits per heavy atom. The number of rotatable bonds is 5. The highest BCUT2D eigenvalue weighted by molar-refractivity contribution is 6.30. The third-order valence-electron chi connectivity index (χ3n) is 3.46. The predicted octanol–water partition coefficient (Wildman–Crippen LogP) is 3.18. The van der Waals surface area contributed by atoms with Gasteiger partial charge in [0.05, 0.1) is 5.56 Å². The lowest BCUT2D eigenvalue weighted by atomic mass is 10.2.